The summed E-state index contributed by atoms with van der Waals surface area (Å²) >= 11 is 1.46. The second kappa shape index (κ2) is 12.6. The van der Waals surface area contributed by atoms with E-state index in [1.165, 1.54) is 36.2 Å². The molecule has 2 saturated heterocycles. The minimum absolute atomic E-state index is 0.00890. The predicted molar refractivity (Wildman–Crippen MR) is 140 cm³/mol. The number of amides is 4. The highest BCUT2D eigenvalue weighted by molar-refractivity contribution is 7.09. The Labute approximate surface area is 217 Å². The fourth-order valence-corrected chi connectivity index (χ4v) is 6.01. The molecule has 0 bridgehead atoms. The van der Waals surface area contributed by atoms with Crippen LogP contribution in [-0.4, -0.2) is 96.9 Å². The van der Waals surface area contributed by atoms with Gasteiger partial charge in [-0.15, -0.1) is 11.3 Å². The molecule has 1 aromatic rings. The summed E-state index contributed by atoms with van der Waals surface area (Å²) in [6, 6.07) is -0.295. The summed E-state index contributed by atoms with van der Waals surface area (Å²) in [6.45, 7) is 4.39. The van der Waals surface area contributed by atoms with Crippen molar-refractivity contribution in [3.8, 4) is 0 Å². The molecular formula is C25H39N7O3S. The highest BCUT2D eigenvalue weighted by atomic mass is 32.1. The van der Waals surface area contributed by atoms with Crippen LogP contribution in [0.4, 0.5) is 4.79 Å². The molecule has 1 unspecified atom stereocenters. The number of thiazole rings is 1. The Bertz CT molecular complexity index is 957. The molecule has 11 heteroatoms. The number of likely N-dealkylation sites (N-methyl/N-ethyl adjacent to an activating group) is 2. The van der Waals surface area contributed by atoms with E-state index >= 15 is 0 Å². The quantitative estimate of drug-likeness (QED) is 0.393. The number of nitrogens with zero attached hydrogens (tertiary/aromatic N) is 4. The number of aromatic nitrogens is 1. The monoisotopic (exact) mass is 517 g/mol. The third-order valence-corrected chi connectivity index (χ3v) is 8.45. The second-order valence-electron chi connectivity index (χ2n) is 10.1. The topological polar surface area (TPSA) is 110 Å². The van der Waals surface area contributed by atoms with Gasteiger partial charge in [-0.3, -0.25) is 25.3 Å². The Balaban J connectivity index is 1.18. The van der Waals surface area contributed by atoms with Crippen LogP contribution < -0.4 is 16.2 Å². The molecule has 4 rings (SSSR count). The fourth-order valence-electron chi connectivity index (χ4n) is 5.04. The first-order valence-electron chi connectivity index (χ1n) is 13.1. The maximum atomic E-state index is 12.6. The van der Waals surface area contributed by atoms with Crippen molar-refractivity contribution < 1.29 is 14.4 Å². The highest BCUT2D eigenvalue weighted by Crippen LogP contribution is 2.30. The average molecular weight is 518 g/mol. The number of carbonyl (C=O) groups is 3. The number of carbonyl (C=O) groups excluding carboxylic acids is 3. The molecule has 3 heterocycles. The van der Waals surface area contributed by atoms with Crippen LogP contribution >= 0.6 is 11.3 Å². The van der Waals surface area contributed by atoms with E-state index in [4.69, 9.17) is 0 Å². The van der Waals surface area contributed by atoms with Crippen LogP contribution in [0.1, 0.15) is 66.4 Å². The lowest BCUT2D eigenvalue weighted by molar-refractivity contribution is -0.128. The minimum Gasteiger partial charge on any atom is -0.338 e. The molecule has 0 aromatic carbocycles. The number of urea groups is 1. The van der Waals surface area contributed by atoms with Crippen LogP contribution in [0.2, 0.25) is 0 Å². The number of hydrazine groups is 1. The van der Waals surface area contributed by atoms with Gasteiger partial charge in [-0.2, -0.15) is 0 Å². The molecule has 1 atom stereocenters. The van der Waals surface area contributed by atoms with Crippen LogP contribution in [0.3, 0.4) is 0 Å². The van der Waals surface area contributed by atoms with Crippen molar-refractivity contribution in [2.24, 2.45) is 0 Å². The number of likely N-dealkylation sites (tertiary alicyclic amines) is 1. The lowest BCUT2D eigenvalue weighted by Crippen LogP contribution is -2.59. The summed E-state index contributed by atoms with van der Waals surface area (Å²) in [5.74, 6) is -0.412. The zero-order valence-corrected chi connectivity index (χ0v) is 22.2. The summed E-state index contributed by atoms with van der Waals surface area (Å²) in [7, 11) is 3.89. The van der Waals surface area contributed by atoms with Crippen LogP contribution in [0, 0.1) is 0 Å². The van der Waals surface area contributed by atoms with Crippen molar-refractivity contribution in [1.82, 2.24) is 35.9 Å². The Hall–Kier alpha value is -2.50. The van der Waals surface area contributed by atoms with E-state index in [1.54, 1.807) is 5.38 Å². The zero-order valence-electron chi connectivity index (χ0n) is 21.4. The lowest BCUT2D eigenvalue weighted by Gasteiger charge is -2.36. The Kier molecular flexibility index (Phi) is 9.33. The predicted octanol–water partition coefficient (Wildman–Crippen LogP) is 1.93. The molecule has 1 aliphatic carbocycles. The average Bonchev–Trinajstić information content (AvgIpc) is 3.40. The number of hydrogen-bond acceptors (Lipinski definition) is 7. The Morgan fingerprint density at radius 2 is 1.89 bits per heavy atom. The van der Waals surface area contributed by atoms with Crippen molar-refractivity contribution in [3.63, 3.8) is 0 Å². The molecule has 36 heavy (non-hydrogen) atoms. The number of piperidine rings is 1. The molecule has 198 valence electrons. The first-order chi connectivity index (χ1) is 17.4. The molecule has 10 nitrogen and oxygen atoms in total. The van der Waals surface area contributed by atoms with Gasteiger partial charge in [0.25, 0.3) is 11.8 Å². The van der Waals surface area contributed by atoms with E-state index in [9.17, 15) is 14.4 Å². The largest absolute Gasteiger partial charge is 0.338 e. The van der Waals surface area contributed by atoms with Crippen molar-refractivity contribution in [2.45, 2.75) is 56.9 Å². The smallest absolute Gasteiger partial charge is 0.317 e. The maximum Gasteiger partial charge on any atom is 0.317 e. The van der Waals surface area contributed by atoms with Gasteiger partial charge >= 0.3 is 6.03 Å². The first kappa shape index (κ1) is 26.6. The fraction of sp³-hybridized carbons (Fsp3) is 0.680. The summed E-state index contributed by atoms with van der Waals surface area (Å²) in [5.41, 5.74) is 6.83. The van der Waals surface area contributed by atoms with Gasteiger partial charge in [0.2, 0.25) is 0 Å². The van der Waals surface area contributed by atoms with E-state index in [1.807, 2.05) is 23.9 Å². The molecule has 3 aliphatic rings. The number of piperazine rings is 1. The molecule has 2 aliphatic heterocycles. The van der Waals surface area contributed by atoms with Gasteiger partial charge in [-0.25, -0.2) is 9.78 Å². The molecule has 0 radical (unpaired) electrons. The van der Waals surface area contributed by atoms with E-state index in [2.05, 4.69) is 32.1 Å². The standard InChI is InChI=1S/C25H39N7O3S/c1-30-14-15-31(2)21(16-30)23(34)29-28-22(33)20-17-36-24(27-20)19-9-12-32(13-10-19)25(35)26-11-8-18-6-4-3-5-7-18/h6,17,19,21H,3-5,7-16H2,1-2H3,(H,26,35)(H,28,33)(H,29,34). The zero-order chi connectivity index (χ0) is 25.5. The number of allylic oxidation sites excluding steroid dienone is 1. The maximum absolute atomic E-state index is 12.6. The van der Waals surface area contributed by atoms with Gasteiger partial charge in [0.1, 0.15) is 11.7 Å². The van der Waals surface area contributed by atoms with E-state index in [0.29, 0.717) is 31.9 Å². The van der Waals surface area contributed by atoms with Crippen LogP contribution in [-0.2, 0) is 4.79 Å². The lowest BCUT2D eigenvalue weighted by atomic mass is 9.97. The summed E-state index contributed by atoms with van der Waals surface area (Å²) in [5, 5.41) is 5.70. The van der Waals surface area contributed by atoms with Crippen molar-refractivity contribution in [2.75, 3.05) is 53.4 Å². The minimum atomic E-state index is -0.414. The molecule has 0 saturated carbocycles. The molecule has 3 N–H and O–H groups in total. The Morgan fingerprint density at radius 1 is 1.08 bits per heavy atom. The van der Waals surface area contributed by atoms with Crippen LogP contribution in [0.5, 0.6) is 0 Å². The normalized spacial score (nSPS) is 22.1. The van der Waals surface area contributed by atoms with Gasteiger partial charge in [-0.05, 0) is 59.0 Å². The SMILES string of the molecule is CN1CCN(C)C(C(=O)NNC(=O)c2csc(C3CCN(C(=O)NCCC4=CCCCC4)CC3)n2)C1. The molecular weight excluding hydrogens is 478 g/mol. The van der Waals surface area contributed by atoms with Crippen molar-refractivity contribution in [1.29, 1.82) is 0 Å². The third-order valence-electron chi connectivity index (χ3n) is 7.45. The van der Waals surface area contributed by atoms with Gasteiger partial charge < -0.3 is 15.1 Å². The van der Waals surface area contributed by atoms with Gasteiger partial charge in [0, 0.05) is 50.6 Å². The molecule has 0 spiro atoms. The van der Waals surface area contributed by atoms with Crippen LogP contribution in [0.25, 0.3) is 0 Å². The molecule has 1 aromatic heterocycles. The molecule has 4 amide bonds. The number of nitrogens with one attached hydrogen (secondary N) is 3. The van der Waals surface area contributed by atoms with Gasteiger partial charge in [0.15, 0.2) is 0 Å². The number of hydrogen-bond donors (Lipinski definition) is 3. The summed E-state index contributed by atoms with van der Waals surface area (Å²) < 4.78 is 0. The van der Waals surface area contributed by atoms with E-state index in [-0.39, 0.29) is 23.9 Å². The summed E-state index contributed by atoms with van der Waals surface area (Å²) in [4.78, 5) is 48.1. The molecule has 2 fully saturated rings. The first-order valence-corrected chi connectivity index (χ1v) is 13.9. The van der Waals surface area contributed by atoms with Crippen LogP contribution in [0.15, 0.2) is 17.0 Å². The van der Waals surface area contributed by atoms with Gasteiger partial charge in [-0.1, -0.05) is 11.6 Å². The van der Waals surface area contributed by atoms with E-state index < -0.39 is 5.91 Å². The van der Waals surface area contributed by atoms with E-state index in [0.717, 1.165) is 43.8 Å². The Morgan fingerprint density at radius 3 is 2.64 bits per heavy atom. The summed E-state index contributed by atoms with van der Waals surface area (Å²) in [6.07, 6.45) is 9.79. The van der Waals surface area contributed by atoms with Crippen molar-refractivity contribution in [3.05, 3.63) is 27.7 Å². The van der Waals surface area contributed by atoms with Crippen molar-refractivity contribution >= 4 is 29.2 Å². The van der Waals surface area contributed by atoms with Gasteiger partial charge in [0.05, 0.1) is 5.01 Å². The third kappa shape index (κ3) is 7.04. The second-order valence-corrected chi connectivity index (χ2v) is 11.0. The number of rotatable bonds is 6. The highest BCUT2D eigenvalue weighted by Gasteiger charge is 2.29.